The zero-order valence-electron chi connectivity index (χ0n) is 19.0. The number of aromatic nitrogens is 3. The van der Waals surface area contributed by atoms with E-state index in [1.807, 2.05) is 43.7 Å². The molecule has 4 nitrogen and oxygen atoms in total. The molecule has 0 bridgehead atoms. The highest BCUT2D eigenvalue weighted by Crippen LogP contribution is 2.34. The fraction of sp³-hybridized carbons (Fsp3) is 0.308. The van der Waals surface area contributed by atoms with Crippen LogP contribution in [0.3, 0.4) is 0 Å². The Balaban J connectivity index is 1.75. The number of nitrogens with zero attached hydrogens (tertiary/aromatic N) is 3. The summed E-state index contributed by atoms with van der Waals surface area (Å²) < 4.78 is 29.0. The lowest BCUT2D eigenvalue weighted by atomic mass is 9.97. The molecule has 2 aromatic carbocycles. The van der Waals surface area contributed by atoms with Crippen molar-refractivity contribution in [3.8, 4) is 0 Å². The zero-order valence-corrected chi connectivity index (χ0v) is 19.8. The number of hydrogen-bond acceptors (Lipinski definition) is 3. The van der Waals surface area contributed by atoms with Gasteiger partial charge in [-0.2, -0.15) is 0 Å². The van der Waals surface area contributed by atoms with Crippen LogP contribution in [0.15, 0.2) is 48.7 Å². The average molecular weight is 470 g/mol. The maximum absolute atomic E-state index is 13.6. The molecule has 33 heavy (non-hydrogen) atoms. The molecule has 0 aliphatic rings. The van der Waals surface area contributed by atoms with E-state index >= 15 is 0 Å². The summed E-state index contributed by atoms with van der Waals surface area (Å²) >= 11 is 6.88. The van der Waals surface area contributed by atoms with Gasteiger partial charge < -0.3 is 9.67 Å². The SMILES string of the molecule is CCc1nc2ccc(C(O)c3cnc(C)n3C)cc2c(Cl)c1Cc1ccc(C(C)(F)F)cc1. The molecule has 1 atom stereocenters. The molecule has 0 fully saturated rings. The molecule has 0 aliphatic carbocycles. The van der Waals surface area contributed by atoms with Gasteiger partial charge in [0.2, 0.25) is 0 Å². The van der Waals surface area contributed by atoms with Crippen molar-refractivity contribution in [1.29, 1.82) is 0 Å². The molecular formula is C26H26ClF2N3O. The molecule has 0 spiro atoms. The number of fused-ring (bicyclic) bond motifs is 1. The minimum atomic E-state index is -2.88. The first kappa shape index (κ1) is 23.3. The molecule has 2 aromatic heterocycles. The van der Waals surface area contributed by atoms with Crippen LogP contribution in [0.2, 0.25) is 5.02 Å². The summed E-state index contributed by atoms with van der Waals surface area (Å²) in [5.41, 5.74) is 4.72. The lowest BCUT2D eigenvalue weighted by molar-refractivity contribution is 0.0174. The Morgan fingerprint density at radius 2 is 1.85 bits per heavy atom. The maximum atomic E-state index is 13.6. The molecule has 0 saturated carbocycles. The van der Waals surface area contributed by atoms with E-state index in [2.05, 4.69) is 4.98 Å². The van der Waals surface area contributed by atoms with Gasteiger partial charge in [-0.1, -0.05) is 48.9 Å². The summed E-state index contributed by atoms with van der Waals surface area (Å²) in [6, 6.07) is 11.9. The number of pyridine rings is 1. The van der Waals surface area contributed by atoms with Crippen LogP contribution in [-0.2, 0) is 25.8 Å². The van der Waals surface area contributed by atoms with Crippen LogP contribution in [0.1, 0.15) is 59.4 Å². The molecule has 0 amide bonds. The van der Waals surface area contributed by atoms with Crippen LogP contribution in [0, 0.1) is 6.92 Å². The first-order chi connectivity index (χ1) is 15.6. The number of alkyl halides is 2. The zero-order chi connectivity index (χ0) is 23.9. The van der Waals surface area contributed by atoms with Gasteiger partial charge in [-0.3, -0.25) is 4.98 Å². The quantitative estimate of drug-likeness (QED) is 0.361. The monoisotopic (exact) mass is 469 g/mol. The molecule has 1 N–H and O–H groups in total. The normalized spacial score (nSPS) is 13.0. The Hall–Kier alpha value is -2.83. The van der Waals surface area contributed by atoms with Crippen LogP contribution in [0.4, 0.5) is 8.78 Å². The predicted molar refractivity (Wildman–Crippen MR) is 127 cm³/mol. The Bertz CT molecular complexity index is 1310. The fourth-order valence-electron chi connectivity index (χ4n) is 4.03. The molecule has 1 unspecified atom stereocenters. The van der Waals surface area contributed by atoms with Crippen molar-refractivity contribution >= 4 is 22.5 Å². The summed E-state index contributed by atoms with van der Waals surface area (Å²) in [5, 5.41) is 12.3. The number of aliphatic hydroxyl groups excluding tert-OH is 1. The van der Waals surface area contributed by atoms with Crippen LogP contribution >= 0.6 is 11.6 Å². The van der Waals surface area contributed by atoms with E-state index in [1.165, 1.54) is 12.1 Å². The Morgan fingerprint density at radius 3 is 2.42 bits per heavy atom. The Morgan fingerprint density at radius 1 is 1.15 bits per heavy atom. The largest absolute Gasteiger partial charge is 0.382 e. The van der Waals surface area contributed by atoms with Crippen molar-refractivity contribution in [1.82, 2.24) is 14.5 Å². The van der Waals surface area contributed by atoms with E-state index in [4.69, 9.17) is 16.6 Å². The third-order valence-corrected chi connectivity index (χ3v) is 6.59. The van der Waals surface area contributed by atoms with Gasteiger partial charge in [-0.25, -0.2) is 13.8 Å². The van der Waals surface area contributed by atoms with Crippen molar-refractivity contribution in [2.45, 2.75) is 45.6 Å². The maximum Gasteiger partial charge on any atom is 0.270 e. The first-order valence-electron chi connectivity index (χ1n) is 10.8. The van der Waals surface area contributed by atoms with Gasteiger partial charge in [0.15, 0.2) is 0 Å². The lowest BCUT2D eigenvalue weighted by Crippen LogP contribution is -2.08. The second-order valence-corrected chi connectivity index (χ2v) is 8.81. The van der Waals surface area contributed by atoms with Gasteiger partial charge in [-0.05, 0) is 42.2 Å². The lowest BCUT2D eigenvalue weighted by Gasteiger charge is -2.16. The molecular weight excluding hydrogens is 444 g/mol. The minimum absolute atomic E-state index is 0.0197. The van der Waals surface area contributed by atoms with Gasteiger partial charge in [-0.15, -0.1) is 0 Å². The smallest absolute Gasteiger partial charge is 0.270 e. The van der Waals surface area contributed by atoms with Crippen molar-refractivity contribution in [3.05, 3.63) is 93.2 Å². The molecule has 4 aromatic rings. The molecule has 0 radical (unpaired) electrons. The number of rotatable bonds is 6. The summed E-state index contributed by atoms with van der Waals surface area (Å²) in [5.74, 6) is -2.06. The standard InChI is InChI=1S/C26H26ClF2N3O/c1-5-21-19(12-16-6-9-18(10-7-16)26(3,28)29)24(27)20-13-17(8-11-22(20)31-21)25(33)23-14-30-15(2)32(23)4/h6-11,13-14,25,33H,5,12H2,1-4H3. The van der Waals surface area contributed by atoms with E-state index < -0.39 is 12.0 Å². The number of hydrogen-bond donors (Lipinski definition) is 1. The van der Waals surface area contributed by atoms with Gasteiger partial charge in [0.1, 0.15) is 11.9 Å². The molecule has 2 heterocycles. The number of aliphatic hydroxyl groups is 1. The van der Waals surface area contributed by atoms with E-state index in [-0.39, 0.29) is 5.56 Å². The number of benzene rings is 2. The van der Waals surface area contributed by atoms with E-state index in [0.717, 1.165) is 40.5 Å². The van der Waals surface area contributed by atoms with E-state index in [1.54, 1.807) is 18.3 Å². The van der Waals surface area contributed by atoms with Crippen molar-refractivity contribution in [2.24, 2.45) is 7.05 Å². The van der Waals surface area contributed by atoms with Crippen molar-refractivity contribution in [3.63, 3.8) is 0 Å². The van der Waals surface area contributed by atoms with Gasteiger partial charge >= 0.3 is 0 Å². The summed E-state index contributed by atoms with van der Waals surface area (Å²) in [6.45, 7) is 4.78. The summed E-state index contributed by atoms with van der Waals surface area (Å²) in [4.78, 5) is 9.06. The topological polar surface area (TPSA) is 50.9 Å². The molecule has 0 saturated heterocycles. The minimum Gasteiger partial charge on any atom is -0.382 e. The predicted octanol–water partition coefficient (Wildman–Crippen LogP) is 6.28. The second-order valence-electron chi connectivity index (χ2n) is 8.44. The van der Waals surface area contributed by atoms with Gasteiger partial charge in [0, 0.05) is 37.0 Å². The highest BCUT2D eigenvalue weighted by Gasteiger charge is 2.24. The average Bonchev–Trinajstić information content (AvgIpc) is 3.12. The number of aryl methyl sites for hydroxylation is 2. The molecule has 4 rings (SSSR count). The van der Waals surface area contributed by atoms with Crippen molar-refractivity contribution < 1.29 is 13.9 Å². The fourth-order valence-corrected chi connectivity index (χ4v) is 4.36. The summed E-state index contributed by atoms with van der Waals surface area (Å²) in [6.07, 6.45) is 1.98. The van der Waals surface area contributed by atoms with Crippen molar-refractivity contribution in [2.75, 3.05) is 0 Å². The molecule has 0 aliphatic heterocycles. The number of halogens is 3. The van der Waals surface area contributed by atoms with E-state index in [9.17, 15) is 13.9 Å². The van der Waals surface area contributed by atoms with Gasteiger partial charge in [0.25, 0.3) is 5.92 Å². The van der Waals surface area contributed by atoms with Crippen LogP contribution in [0.5, 0.6) is 0 Å². The summed E-state index contributed by atoms with van der Waals surface area (Å²) in [7, 11) is 1.86. The molecule has 172 valence electrons. The van der Waals surface area contributed by atoms with Crippen LogP contribution < -0.4 is 0 Å². The highest BCUT2D eigenvalue weighted by atomic mass is 35.5. The number of imidazole rings is 1. The van der Waals surface area contributed by atoms with Gasteiger partial charge in [0.05, 0.1) is 22.4 Å². The van der Waals surface area contributed by atoms with E-state index in [0.29, 0.717) is 29.1 Å². The molecule has 7 heteroatoms. The van der Waals surface area contributed by atoms with Crippen LogP contribution in [0.25, 0.3) is 10.9 Å². The third-order valence-electron chi connectivity index (χ3n) is 6.15. The third kappa shape index (κ3) is 4.50. The first-order valence-corrected chi connectivity index (χ1v) is 11.2. The second kappa shape index (κ2) is 8.84. The van der Waals surface area contributed by atoms with Crippen LogP contribution in [-0.4, -0.2) is 19.6 Å². The highest BCUT2D eigenvalue weighted by molar-refractivity contribution is 6.36. The Labute approximate surface area is 196 Å². The Kier molecular flexibility index (Phi) is 6.25.